The van der Waals surface area contributed by atoms with Crippen molar-refractivity contribution < 1.29 is 23.8 Å². The molecule has 0 aliphatic carbocycles. The van der Waals surface area contributed by atoms with Gasteiger partial charge in [-0.2, -0.15) is 0 Å². The van der Waals surface area contributed by atoms with E-state index in [9.17, 15) is 9.59 Å². The van der Waals surface area contributed by atoms with Gasteiger partial charge in [-0.1, -0.05) is 13.8 Å². The number of fused-ring (bicyclic) bond motifs is 2. The number of ether oxygens (including phenoxy) is 3. The number of hydrogen-bond donors (Lipinski definition) is 1. The maximum absolute atomic E-state index is 12.1. The van der Waals surface area contributed by atoms with Gasteiger partial charge in [-0.15, -0.1) is 0 Å². The normalized spacial score (nSPS) is 15.6. The molecule has 118 valence electrons. The molecule has 1 N–H and O–H groups in total. The molecule has 2 aliphatic heterocycles. The van der Waals surface area contributed by atoms with Gasteiger partial charge < -0.3 is 19.5 Å². The maximum Gasteiger partial charge on any atom is 0.326 e. The van der Waals surface area contributed by atoms with Crippen molar-refractivity contribution in [3.05, 3.63) is 12.1 Å². The van der Waals surface area contributed by atoms with E-state index in [1.165, 1.54) is 4.90 Å². The molecule has 0 saturated carbocycles. The first-order valence-corrected chi connectivity index (χ1v) is 7.18. The summed E-state index contributed by atoms with van der Waals surface area (Å²) in [7, 11) is 0. The quantitative estimate of drug-likeness (QED) is 0.847. The molecule has 1 aromatic rings. The maximum atomic E-state index is 12.1. The van der Waals surface area contributed by atoms with Gasteiger partial charge in [-0.3, -0.25) is 14.5 Å². The predicted molar refractivity (Wildman–Crippen MR) is 79.2 cm³/mol. The number of anilines is 2. The lowest BCUT2D eigenvalue weighted by Gasteiger charge is -2.29. The molecule has 1 aromatic carbocycles. The van der Waals surface area contributed by atoms with Crippen LogP contribution in [0.2, 0.25) is 0 Å². The Morgan fingerprint density at radius 1 is 1.36 bits per heavy atom. The summed E-state index contributed by atoms with van der Waals surface area (Å²) in [5, 5.41) is 3.02. The molecule has 0 unspecified atom stereocenters. The number of nitrogens with one attached hydrogen (secondary N) is 1. The minimum atomic E-state index is -0.424. The molecule has 0 radical (unpaired) electrons. The van der Waals surface area contributed by atoms with Crippen LogP contribution >= 0.6 is 0 Å². The fourth-order valence-corrected chi connectivity index (χ4v) is 2.30. The van der Waals surface area contributed by atoms with E-state index in [2.05, 4.69) is 5.32 Å². The van der Waals surface area contributed by atoms with Crippen molar-refractivity contribution in [3.63, 3.8) is 0 Å². The number of amides is 1. The Hall–Kier alpha value is -2.44. The largest absolute Gasteiger partial charge is 0.464 e. The van der Waals surface area contributed by atoms with Crippen molar-refractivity contribution in [2.24, 2.45) is 5.92 Å². The van der Waals surface area contributed by atoms with Crippen LogP contribution in [0.4, 0.5) is 11.4 Å². The molecule has 0 saturated heterocycles. The van der Waals surface area contributed by atoms with Crippen molar-refractivity contribution in [2.75, 3.05) is 36.7 Å². The first-order chi connectivity index (χ1) is 10.5. The average Bonchev–Trinajstić information content (AvgIpc) is 2.93. The molecule has 7 heteroatoms. The summed E-state index contributed by atoms with van der Waals surface area (Å²) < 4.78 is 15.8. The number of carbonyl (C=O) groups excluding carboxylic acids is 2. The van der Waals surface area contributed by atoms with Gasteiger partial charge in [0.15, 0.2) is 11.5 Å². The SMILES string of the molecule is CC(C)COC(=O)CN1C(=O)CNc2cc3c(cc21)OCO3. The Bertz CT molecular complexity index is 614. The van der Waals surface area contributed by atoms with Crippen LogP contribution in [0, 0.1) is 5.92 Å². The molecule has 2 aliphatic rings. The Morgan fingerprint density at radius 3 is 2.82 bits per heavy atom. The van der Waals surface area contributed by atoms with Gasteiger partial charge in [0.2, 0.25) is 12.7 Å². The average molecular weight is 306 g/mol. The zero-order valence-electron chi connectivity index (χ0n) is 12.5. The van der Waals surface area contributed by atoms with Crippen LogP contribution in [0.1, 0.15) is 13.8 Å². The van der Waals surface area contributed by atoms with Gasteiger partial charge >= 0.3 is 5.97 Å². The summed E-state index contributed by atoms with van der Waals surface area (Å²) >= 11 is 0. The molecule has 0 atom stereocenters. The Morgan fingerprint density at radius 2 is 2.09 bits per heavy atom. The molecule has 0 aromatic heterocycles. The zero-order chi connectivity index (χ0) is 15.7. The van der Waals surface area contributed by atoms with Gasteiger partial charge in [0.25, 0.3) is 0 Å². The molecule has 0 spiro atoms. The molecule has 2 heterocycles. The van der Waals surface area contributed by atoms with Crippen LogP contribution in [0.5, 0.6) is 11.5 Å². The number of benzene rings is 1. The highest BCUT2D eigenvalue weighted by Gasteiger charge is 2.29. The lowest BCUT2D eigenvalue weighted by molar-refractivity contribution is -0.143. The molecule has 0 fully saturated rings. The van der Waals surface area contributed by atoms with Crippen molar-refractivity contribution >= 4 is 23.3 Å². The first kappa shape index (κ1) is 14.5. The van der Waals surface area contributed by atoms with E-state index < -0.39 is 5.97 Å². The third-order valence-corrected chi connectivity index (χ3v) is 3.38. The smallest absolute Gasteiger partial charge is 0.326 e. The molecule has 1 amide bonds. The van der Waals surface area contributed by atoms with Crippen LogP contribution in [0.15, 0.2) is 12.1 Å². The summed E-state index contributed by atoms with van der Waals surface area (Å²) in [6, 6.07) is 3.48. The number of carbonyl (C=O) groups is 2. The van der Waals surface area contributed by atoms with Crippen LogP contribution in [0.3, 0.4) is 0 Å². The van der Waals surface area contributed by atoms with Crippen LogP contribution in [-0.2, 0) is 14.3 Å². The van der Waals surface area contributed by atoms with Gasteiger partial charge in [-0.05, 0) is 5.92 Å². The topological polar surface area (TPSA) is 77.1 Å². The van der Waals surface area contributed by atoms with E-state index in [1.54, 1.807) is 12.1 Å². The minimum Gasteiger partial charge on any atom is -0.464 e. The number of rotatable bonds is 4. The lowest BCUT2D eigenvalue weighted by Crippen LogP contribution is -2.43. The standard InChI is InChI=1S/C15H18N2O5/c1-9(2)7-20-15(19)6-17-11-4-13-12(21-8-22-13)3-10(11)16-5-14(17)18/h3-4,9,16H,5-8H2,1-2H3. The summed E-state index contributed by atoms with van der Waals surface area (Å²) in [6.07, 6.45) is 0. The highest BCUT2D eigenvalue weighted by Crippen LogP contribution is 2.42. The molecular weight excluding hydrogens is 288 g/mol. The van der Waals surface area contributed by atoms with Crippen molar-refractivity contribution in [2.45, 2.75) is 13.8 Å². The molecular formula is C15H18N2O5. The summed E-state index contributed by atoms with van der Waals surface area (Å²) in [5.41, 5.74) is 1.34. The number of nitrogens with zero attached hydrogens (tertiary/aromatic N) is 1. The zero-order valence-corrected chi connectivity index (χ0v) is 12.5. The number of esters is 1. The summed E-state index contributed by atoms with van der Waals surface area (Å²) in [5.74, 6) is 0.836. The first-order valence-electron chi connectivity index (χ1n) is 7.18. The van der Waals surface area contributed by atoms with E-state index in [0.717, 1.165) is 5.69 Å². The van der Waals surface area contributed by atoms with Crippen LogP contribution < -0.4 is 19.7 Å². The van der Waals surface area contributed by atoms with Crippen LogP contribution in [-0.4, -0.2) is 38.4 Å². The molecule has 7 nitrogen and oxygen atoms in total. The van der Waals surface area contributed by atoms with E-state index in [-0.39, 0.29) is 31.7 Å². The van der Waals surface area contributed by atoms with Gasteiger partial charge in [-0.25, -0.2) is 0 Å². The van der Waals surface area contributed by atoms with Gasteiger partial charge in [0, 0.05) is 12.1 Å². The molecule has 3 rings (SSSR count). The summed E-state index contributed by atoms with van der Waals surface area (Å²) in [4.78, 5) is 25.4. The fourth-order valence-electron chi connectivity index (χ4n) is 2.30. The van der Waals surface area contributed by atoms with Crippen LogP contribution in [0.25, 0.3) is 0 Å². The molecule has 22 heavy (non-hydrogen) atoms. The van der Waals surface area contributed by atoms with Crippen molar-refractivity contribution in [1.82, 2.24) is 0 Å². The van der Waals surface area contributed by atoms with Gasteiger partial charge in [0.05, 0.1) is 24.5 Å². The monoisotopic (exact) mass is 306 g/mol. The summed E-state index contributed by atoms with van der Waals surface area (Å²) in [6.45, 7) is 4.43. The van der Waals surface area contributed by atoms with E-state index in [0.29, 0.717) is 23.8 Å². The van der Waals surface area contributed by atoms with Crippen molar-refractivity contribution in [1.29, 1.82) is 0 Å². The van der Waals surface area contributed by atoms with E-state index >= 15 is 0 Å². The van der Waals surface area contributed by atoms with E-state index in [4.69, 9.17) is 14.2 Å². The lowest BCUT2D eigenvalue weighted by atomic mass is 10.1. The van der Waals surface area contributed by atoms with Crippen molar-refractivity contribution in [3.8, 4) is 11.5 Å². The second-order valence-corrected chi connectivity index (χ2v) is 5.63. The Labute approximate surface area is 128 Å². The highest BCUT2D eigenvalue weighted by atomic mass is 16.7. The van der Waals surface area contributed by atoms with E-state index in [1.807, 2.05) is 13.8 Å². The van der Waals surface area contributed by atoms with Gasteiger partial charge in [0.1, 0.15) is 6.54 Å². The second kappa shape index (κ2) is 5.75. The number of hydrogen-bond acceptors (Lipinski definition) is 6. The highest BCUT2D eigenvalue weighted by molar-refractivity contribution is 6.06. The minimum absolute atomic E-state index is 0.111. The third-order valence-electron chi connectivity index (χ3n) is 3.38. The molecule has 0 bridgehead atoms. The fraction of sp³-hybridized carbons (Fsp3) is 0.467. The predicted octanol–water partition coefficient (Wildman–Crippen LogP) is 1.37. The third kappa shape index (κ3) is 2.79. The Kier molecular flexibility index (Phi) is 3.79. The second-order valence-electron chi connectivity index (χ2n) is 5.63. The Balaban J connectivity index is 1.80.